The van der Waals surface area contributed by atoms with E-state index in [1.54, 1.807) is 6.07 Å². The van der Waals surface area contributed by atoms with E-state index in [0.29, 0.717) is 36.5 Å². The molecule has 1 aromatic heterocycles. The van der Waals surface area contributed by atoms with Crippen molar-refractivity contribution in [2.45, 2.75) is 116 Å². The Kier molecular flexibility index (Phi) is 15.9. The summed E-state index contributed by atoms with van der Waals surface area (Å²) in [6.07, 6.45) is 12.7. The van der Waals surface area contributed by atoms with Gasteiger partial charge < -0.3 is 9.88 Å². The molecule has 1 heterocycles. The van der Waals surface area contributed by atoms with Gasteiger partial charge in [-0.2, -0.15) is 13.2 Å². The van der Waals surface area contributed by atoms with Crippen LogP contribution < -0.4 is 5.32 Å². The van der Waals surface area contributed by atoms with Gasteiger partial charge in [-0.3, -0.25) is 9.18 Å². The number of amides is 1. The molecule has 0 atom stereocenters. The minimum atomic E-state index is -4.41. The summed E-state index contributed by atoms with van der Waals surface area (Å²) in [7, 11) is 0.500. The SMILES string of the molecule is C#C.C/C(=C\C/C(=C\CC(F)(F)F)c1cc(C(=O)NC2CCCCC2)c(C)n1CC1CCCCC1)C(F)F.CF. The van der Waals surface area contributed by atoms with Crippen molar-refractivity contribution in [2.75, 3.05) is 7.18 Å². The Morgan fingerprint density at radius 1 is 1.02 bits per heavy atom. The number of halogens is 6. The van der Waals surface area contributed by atoms with Gasteiger partial charge in [0.05, 0.1) is 19.2 Å². The highest BCUT2D eigenvalue weighted by Gasteiger charge is 2.28. The standard InChI is InChI=1S/C28H39F5N2O.C2H2.CH3F/c1-19(26(29)30)13-14-22(15-16-28(31,32)33)25-17-24(27(36)34-23-11-7-4-8-12-23)20(2)35(25)18-21-9-5-3-6-10-21;2*1-2/h13,15,17,21,23,26H,3-12,14,16,18H2,1-2H3,(H,34,36);1-2H;1H3/b19-13+,22-15+;;. The predicted molar refractivity (Wildman–Crippen MR) is 150 cm³/mol. The first-order valence-corrected chi connectivity index (χ1v) is 14.0. The second-order valence-corrected chi connectivity index (χ2v) is 10.5. The lowest BCUT2D eigenvalue weighted by Crippen LogP contribution is -2.36. The third-order valence-electron chi connectivity index (χ3n) is 7.61. The van der Waals surface area contributed by atoms with E-state index >= 15 is 0 Å². The summed E-state index contributed by atoms with van der Waals surface area (Å²) >= 11 is 0. The van der Waals surface area contributed by atoms with Crippen LogP contribution >= 0.6 is 0 Å². The van der Waals surface area contributed by atoms with Crippen molar-refractivity contribution in [1.29, 1.82) is 0 Å². The molecule has 0 bridgehead atoms. The molecule has 0 radical (unpaired) electrons. The first-order chi connectivity index (χ1) is 19.0. The number of rotatable bonds is 9. The smallest absolute Gasteiger partial charge is 0.349 e. The predicted octanol–water partition coefficient (Wildman–Crippen LogP) is 9.21. The number of terminal acetylenes is 1. The summed E-state index contributed by atoms with van der Waals surface area (Å²) in [5.74, 6) is 0.164. The van der Waals surface area contributed by atoms with E-state index in [1.165, 1.54) is 19.4 Å². The Hall–Kier alpha value is -2.63. The first kappa shape index (κ1) is 35.4. The van der Waals surface area contributed by atoms with E-state index in [4.69, 9.17) is 0 Å². The van der Waals surface area contributed by atoms with Gasteiger partial charge in [-0.1, -0.05) is 50.7 Å². The van der Waals surface area contributed by atoms with Gasteiger partial charge in [-0.25, -0.2) is 8.78 Å². The van der Waals surface area contributed by atoms with Gasteiger partial charge in [0.25, 0.3) is 12.3 Å². The van der Waals surface area contributed by atoms with Crippen LogP contribution in [0.2, 0.25) is 0 Å². The number of hydrogen-bond donors (Lipinski definition) is 1. The molecule has 1 N–H and O–H groups in total. The van der Waals surface area contributed by atoms with Crippen molar-refractivity contribution in [3.63, 3.8) is 0 Å². The fourth-order valence-electron chi connectivity index (χ4n) is 5.41. The topological polar surface area (TPSA) is 34.0 Å². The molecule has 3 nitrogen and oxygen atoms in total. The summed E-state index contributed by atoms with van der Waals surface area (Å²) in [6, 6.07) is 1.78. The molecule has 3 rings (SSSR count). The molecule has 40 heavy (non-hydrogen) atoms. The Balaban J connectivity index is 0.00000191. The Morgan fingerprint density at radius 2 is 1.57 bits per heavy atom. The third-order valence-corrected chi connectivity index (χ3v) is 7.61. The molecule has 2 aliphatic rings. The maximum atomic E-state index is 13.3. The van der Waals surface area contributed by atoms with Crippen LogP contribution in [0.4, 0.5) is 26.3 Å². The molecule has 2 aliphatic carbocycles. The lowest BCUT2D eigenvalue weighted by atomic mass is 9.89. The molecular weight excluding hydrogens is 530 g/mol. The van der Waals surface area contributed by atoms with Crippen molar-refractivity contribution in [1.82, 2.24) is 9.88 Å². The van der Waals surface area contributed by atoms with Crippen LogP contribution in [0.1, 0.15) is 106 Å². The van der Waals surface area contributed by atoms with Crippen LogP contribution in [0.3, 0.4) is 0 Å². The Morgan fingerprint density at radius 3 is 2.10 bits per heavy atom. The zero-order chi connectivity index (χ0) is 30.3. The van der Waals surface area contributed by atoms with Crippen molar-refractivity contribution in [3.8, 4) is 12.8 Å². The minimum Gasteiger partial charge on any atom is -0.349 e. The van der Waals surface area contributed by atoms with Gasteiger partial charge in [0.1, 0.15) is 0 Å². The highest BCUT2D eigenvalue weighted by Crippen LogP contribution is 2.33. The molecule has 9 heteroatoms. The number of carbonyl (C=O) groups is 1. The summed E-state index contributed by atoms with van der Waals surface area (Å²) in [6.45, 7) is 3.73. The largest absolute Gasteiger partial charge is 0.392 e. The summed E-state index contributed by atoms with van der Waals surface area (Å²) < 4.78 is 77.2. The normalized spacial score (nSPS) is 17.5. The van der Waals surface area contributed by atoms with Crippen LogP contribution in [0.15, 0.2) is 23.8 Å². The highest BCUT2D eigenvalue weighted by molar-refractivity contribution is 5.96. The van der Waals surface area contributed by atoms with Gasteiger partial charge in [-0.15, -0.1) is 12.8 Å². The molecule has 2 fully saturated rings. The van der Waals surface area contributed by atoms with Gasteiger partial charge in [-0.05, 0) is 69.1 Å². The zero-order valence-electron chi connectivity index (χ0n) is 23.9. The molecule has 2 saturated carbocycles. The maximum Gasteiger partial charge on any atom is 0.392 e. The van der Waals surface area contributed by atoms with E-state index in [-0.39, 0.29) is 23.9 Å². The second-order valence-electron chi connectivity index (χ2n) is 10.5. The average Bonchev–Trinajstić information content (AvgIpc) is 3.27. The average molecular weight is 575 g/mol. The van der Waals surface area contributed by atoms with E-state index in [0.717, 1.165) is 69.6 Å². The van der Waals surface area contributed by atoms with E-state index in [2.05, 4.69) is 18.2 Å². The molecule has 1 aromatic rings. The van der Waals surface area contributed by atoms with Crippen LogP contribution in [-0.4, -0.2) is 36.3 Å². The van der Waals surface area contributed by atoms with Crippen LogP contribution in [-0.2, 0) is 6.54 Å². The molecule has 0 spiro atoms. The van der Waals surface area contributed by atoms with Crippen molar-refractivity contribution in [3.05, 3.63) is 40.7 Å². The summed E-state index contributed by atoms with van der Waals surface area (Å²) in [5, 5.41) is 3.12. The highest BCUT2D eigenvalue weighted by atomic mass is 19.4. The van der Waals surface area contributed by atoms with E-state index in [1.807, 2.05) is 11.5 Å². The van der Waals surface area contributed by atoms with Crippen molar-refractivity contribution >= 4 is 11.5 Å². The zero-order valence-corrected chi connectivity index (χ0v) is 23.9. The molecule has 226 valence electrons. The number of alkyl halides is 6. The van der Waals surface area contributed by atoms with Gasteiger partial charge >= 0.3 is 6.18 Å². The number of hydrogen-bond acceptors (Lipinski definition) is 1. The van der Waals surface area contributed by atoms with E-state index in [9.17, 15) is 31.1 Å². The van der Waals surface area contributed by atoms with Gasteiger partial charge in [0.2, 0.25) is 0 Å². The number of allylic oxidation sites excluding steroid dienone is 4. The fourth-order valence-corrected chi connectivity index (χ4v) is 5.41. The van der Waals surface area contributed by atoms with Crippen LogP contribution in [0.5, 0.6) is 0 Å². The second kappa shape index (κ2) is 17.9. The summed E-state index contributed by atoms with van der Waals surface area (Å²) in [5.41, 5.74) is 1.85. The monoisotopic (exact) mass is 574 g/mol. The molecule has 1 amide bonds. The summed E-state index contributed by atoms with van der Waals surface area (Å²) in [4.78, 5) is 13.3. The minimum absolute atomic E-state index is 0.0515. The lowest BCUT2D eigenvalue weighted by molar-refractivity contribution is -0.124. The first-order valence-electron chi connectivity index (χ1n) is 14.0. The van der Waals surface area contributed by atoms with E-state index < -0.39 is 19.0 Å². The quantitative estimate of drug-likeness (QED) is 0.178. The maximum absolute atomic E-state index is 13.3. The van der Waals surface area contributed by atoms with Crippen molar-refractivity contribution in [2.24, 2.45) is 5.92 Å². The number of carbonyl (C=O) groups excluding carboxylic acids is 1. The van der Waals surface area contributed by atoms with Crippen LogP contribution in [0.25, 0.3) is 5.57 Å². The van der Waals surface area contributed by atoms with Gasteiger partial charge in [0.15, 0.2) is 0 Å². The van der Waals surface area contributed by atoms with Crippen LogP contribution in [0, 0.1) is 25.7 Å². The number of aromatic nitrogens is 1. The third kappa shape index (κ3) is 11.5. The number of nitrogens with one attached hydrogen (secondary N) is 1. The molecule has 0 unspecified atom stereocenters. The Labute approximate surface area is 235 Å². The molecule has 0 aromatic carbocycles. The number of nitrogens with zero attached hydrogens (tertiary/aromatic N) is 1. The van der Waals surface area contributed by atoms with Crippen molar-refractivity contribution < 1.29 is 31.1 Å². The lowest BCUT2D eigenvalue weighted by Gasteiger charge is -2.25. The molecule has 0 saturated heterocycles. The molecule has 0 aliphatic heterocycles. The Bertz CT molecular complexity index is 978. The molecular formula is C31H44F6N2O. The fraction of sp³-hybridized carbons (Fsp3) is 0.645. The van der Waals surface area contributed by atoms with Gasteiger partial charge in [0, 0.05) is 24.0 Å².